The number of aliphatic carboxylic acids is 1. The number of ether oxygens (including phenoxy) is 2. The van der Waals surface area contributed by atoms with Gasteiger partial charge in [0, 0.05) is 53.5 Å². The van der Waals surface area contributed by atoms with Crippen LogP contribution in [0.3, 0.4) is 0 Å². The maximum atomic E-state index is 11.7. The van der Waals surface area contributed by atoms with E-state index in [1.54, 1.807) is 0 Å². The van der Waals surface area contributed by atoms with Gasteiger partial charge < -0.3 is 25.6 Å². The van der Waals surface area contributed by atoms with Crippen LogP contribution in [0.25, 0.3) is 0 Å². The molecule has 4 N–H and O–H groups in total. The van der Waals surface area contributed by atoms with Crippen molar-refractivity contribution in [2.24, 2.45) is 17.6 Å². The van der Waals surface area contributed by atoms with Gasteiger partial charge in [0.25, 0.3) is 0 Å². The van der Waals surface area contributed by atoms with E-state index in [1.807, 2.05) is 0 Å². The summed E-state index contributed by atoms with van der Waals surface area (Å²) in [6.07, 6.45) is 36.2. The first-order chi connectivity index (χ1) is 24.1. The van der Waals surface area contributed by atoms with Gasteiger partial charge >= 0.3 is 5.97 Å². The minimum absolute atomic E-state index is 0. The predicted octanol–water partition coefficient (Wildman–Crippen LogP) is 9.10. The van der Waals surface area contributed by atoms with Gasteiger partial charge in [-0.2, -0.15) is 0 Å². The largest absolute Gasteiger partial charge is 0.480 e. The van der Waals surface area contributed by atoms with E-state index >= 15 is 0 Å². The molecule has 0 heterocycles. The molecule has 0 aromatic carbocycles. The standard InChI is InChI=1S/C16H25NO2.C10H14O3.C6H13N.2C5H10.2Fe/c18-16(17-12-14-8-6-7-9-14)13-19-15-10-4-2-1-3-5-11-15;11-10(12)8-13-9-6-4-2-1-3-5-7-9;7-5-6-3-1-2-4-6;2*1-2-4-5-3-1;;/h14-15H,1-4,6-10,12-13H2,(H,17,18);9H,1-4,6,8H2,(H,11,12);6H,1-5,7H2;2*1-5H2;;. The van der Waals surface area contributed by atoms with E-state index in [-0.39, 0.29) is 65.5 Å². The Hall–Kier alpha value is -1.02. The van der Waals surface area contributed by atoms with Crippen LogP contribution in [0.1, 0.15) is 180 Å². The van der Waals surface area contributed by atoms with Gasteiger partial charge in [-0.25, -0.2) is 4.79 Å². The van der Waals surface area contributed by atoms with E-state index in [0.717, 1.165) is 64.0 Å². The molecule has 4 saturated carbocycles. The second kappa shape index (κ2) is 36.0. The number of carbonyl (C=O) groups is 2. The van der Waals surface area contributed by atoms with Gasteiger partial charge in [-0.15, -0.1) is 11.8 Å². The molecular weight excluding hydrogens is 724 g/mol. The van der Waals surface area contributed by atoms with Crippen LogP contribution in [-0.4, -0.2) is 55.5 Å². The average Bonchev–Trinajstić information content (AvgIpc) is 3.93. The molecule has 296 valence electrons. The Morgan fingerprint density at radius 2 is 0.922 bits per heavy atom. The van der Waals surface area contributed by atoms with Crippen LogP contribution < -0.4 is 11.1 Å². The first-order valence-electron chi connectivity index (χ1n) is 20.4. The summed E-state index contributed by atoms with van der Waals surface area (Å²) in [5, 5.41) is 11.4. The van der Waals surface area contributed by atoms with Crippen LogP contribution in [-0.2, 0) is 53.2 Å². The Labute approximate surface area is 333 Å². The molecule has 6 aliphatic carbocycles. The van der Waals surface area contributed by atoms with Gasteiger partial charge in [0.2, 0.25) is 5.91 Å². The molecule has 2 atom stereocenters. The Bertz CT molecular complexity index is 931. The fraction of sp³-hybridized carbons (Fsp3) is 0.857. The van der Waals surface area contributed by atoms with Crippen molar-refractivity contribution in [3.8, 4) is 23.7 Å². The maximum Gasteiger partial charge on any atom is 0.329 e. The third-order valence-corrected chi connectivity index (χ3v) is 10.3. The van der Waals surface area contributed by atoms with Crippen molar-refractivity contribution >= 4 is 11.9 Å². The molecule has 6 rings (SSSR count). The van der Waals surface area contributed by atoms with Crippen molar-refractivity contribution in [2.45, 2.75) is 192 Å². The second-order valence-corrected chi connectivity index (χ2v) is 14.7. The number of carboxylic acid groups (broad SMARTS) is 1. The van der Waals surface area contributed by atoms with Gasteiger partial charge in [-0.05, 0) is 82.6 Å². The SMILES string of the molecule is C1CCCC1.C1CCCC1.NCC1CCCC1.O=C(COC1C#CCCCCC1)NCC1CCCC1.O=C(O)COC1C#CCCCCC1.[Fe].[Fe]. The Morgan fingerprint density at radius 3 is 1.31 bits per heavy atom. The molecular formula is C42H72Fe2N2O5. The van der Waals surface area contributed by atoms with E-state index in [0.29, 0.717) is 5.92 Å². The summed E-state index contributed by atoms with van der Waals surface area (Å²) < 4.78 is 10.7. The van der Waals surface area contributed by atoms with Crippen LogP contribution in [0.4, 0.5) is 0 Å². The number of carbonyl (C=O) groups excluding carboxylic acids is 1. The summed E-state index contributed by atoms with van der Waals surface area (Å²) in [4.78, 5) is 21.9. The molecule has 6 aliphatic rings. The first kappa shape index (κ1) is 50.0. The molecule has 2 unspecified atom stereocenters. The minimum Gasteiger partial charge on any atom is -0.480 e. The van der Waals surface area contributed by atoms with E-state index in [4.69, 9.17) is 20.3 Å². The molecule has 0 aromatic heterocycles. The van der Waals surface area contributed by atoms with Crippen molar-refractivity contribution in [1.82, 2.24) is 5.32 Å². The third-order valence-electron chi connectivity index (χ3n) is 10.3. The second-order valence-electron chi connectivity index (χ2n) is 14.7. The molecule has 0 aliphatic heterocycles. The Kier molecular flexibility index (Phi) is 35.3. The number of hydrogen-bond donors (Lipinski definition) is 3. The molecule has 51 heavy (non-hydrogen) atoms. The zero-order valence-corrected chi connectivity index (χ0v) is 34.0. The van der Waals surface area contributed by atoms with Gasteiger partial charge in [0.05, 0.1) is 0 Å². The van der Waals surface area contributed by atoms with Gasteiger partial charge in [0.1, 0.15) is 25.4 Å². The molecule has 0 radical (unpaired) electrons. The molecule has 0 spiro atoms. The molecule has 0 bridgehead atoms. The number of carboxylic acids is 1. The number of amides is 1. The maximum absolute atomic E-state index is 11.7. The van der Waals surface area contributed by atoms with E-state index in [9.17, 15) is 9.59 Å². The van der Waals surface area contributed by atoms with Gasteiger partial charge in [-0.1, -0.05) is 115 Å². The number of nitrogens with one attached hydrogen (secondary N) is 1. The number of rotatable bonds is 9. The molecule has 0 saturated heterocycles. The third kappa shape index (κ3) is 30.0. The topological polar surface area (TPSA) is 111 Å². The Balaban J connectivity index is 0.000000672. The van der Waals surface area contributed by atoms with Crippen molar-refractivity contribution in [3.05, 3.63) is 0 Å². The molecule has 9 heteroatoms. The molecule has 7 nitrogen and oxygen atoms in total. The summed E-state index contributed by atoms with van der Waals surface area (Å²) in [5.74, 6) is 12.8. The van der Waals surface area contributed by atoms with Gasteiger partial charge in [0.15, 0.2) is 0 Å². The zero-order valence-electron chi connectivity index (χ0n) is 31.8. The van der Waals surface area contributed by atoms with Crippen LogP contribution in [0.5, 0.6) is 0 Å². The minimum atomic E-state index is -0.927. The average molecular weight is 797 g/mol. The monoisotopic (exact) mass is 796 g/mol. The summed E-state index contributed by atoms with van der Waals surface area (Å²) in [6.45, 7) is 1.66. The fourth-order valence-electron chi connectivity index (χ4n) is 7.09. The normalized spacial score (nSPS) is 22.6. The van der Waals surface area contributed by atoms with E-state index in [1.165, 1.54) is 135 Å². The van der Waals surface area contributed by atoms with Crippen LogP contribution in [0.2, 0.25) is 0 Å². The predicted molar refractivity (Wildman–Crippen MR) is 201 cm³/mol. The smallest absolute Gasteiger partial charge is 0.329 e. The van der Waals surface area contributed by atoms with Crippen molar-refractivity contribution in [3.63, 3.8) is 0 Å². The van der Waals surface area contributed by atoms with E-state index < -0.39 is 5.97 Å². The number of hydrogen-bond acceptors (Lipinski definition) is 5. The first-order valence-corrected chi connectivity index (χ1v) is 20.4. The van der Waals surface area contributed by atoms with Gasteiger partial charge in [-0.3, -0.25) is 4.79 Å². The van der Waals surface area contributed by atoms with Crippen molar-refractivity contribution < 1.29 is 58.3 Å². The molecule has 4 fully saturated rings. The van der Waals surface area contributed by atoms with E-state index in [2.05, 4.69) is 29.0 Å². The summed E-state index contributed by atoms with van der Waals surface area (Å²) in [5.41, 5.74) is 5.43. The number of nitrogens with two attached hydrogens (primary N) is 1. The van der Waals surface area contributed by atoms with Crippen molar-refractivity contribution in [2.75, 3.05) is 26.3 Å². The van der Waals surface area contributed by atoms with Crippen molar-refractivity contribution in [1.29, 1.82) is 0 Å². The summed E-state index contributed by atoms with van der Waals surface area (Å²) in [6, 6.07) is 0. The fourth-order valence-corrected chi connectivity index (χ4v) is 7.09. The molecule has 0 aromatic rings. The summed E-state index contributed by atoms with van der Waals surface area (Å²) >= 11 is 0. The zero-order chi connectivity index (χ0) is 35.0. The van der Waals surface area contributed by atoms with Crippen LogP contribution >= 0.6 is 0 Å². The quantitative estimate of drug-likeness (QED) is 0.159. The molecule has 1 amide bonds. The summed E-state index contributed by atoms with van der Waals surface area (Å²) in [7, 11) is 0. The van der Waals surface area contributed by atoms with Crippen LogP contribution in [0, 0.1) is 35.5 Å². The van der Waals surface area contributed by atoms with Crippen LogP contribution in [0.15, 0.2) is 0 Å². The Morgan fingerprint density at radius 1 is 0.549 bits per heavy atom.